The monoisotopic (exact) mass is 438 g/mol. The summed E-state index contributed by atoms with van der Waals surface area (Å²) in [4.78, 5) is 18.2. The van der Waals surface area contributed by atoms with Gasteiger partial charge in [0.2, 0.25) is 0 Å². The van der Waals surface area contributed by atoms with Crippen LogP contribution < -0.4 is 0 Å². The van der Waals surface area contributed by atoms with Gasteiger partial charge in [0.1, 0.15) is 0 Å². The number of benzene rings is 1. The van der Waals surface area contributed by atoms with Gasteiger partial charge in [-0.3, -0.25) is 4.79 Å². The lowest BCUT2D eigenvalue weighted by molar-refractivity contribution is -0.164. The van der Waals surface area contributed by atoms with Crippen molar-refractivity contribution in [2.24, 2.45) is 11.8 Å². The van der Waals surface area contributed by atoms with E-state index in [0.29, 0.717) is 12.0 Å². The third kappa shape index (κ3) is 3.65. The largest absolute Gasteiger partial charge is 0.375 e. The van der Waals surface area contributed by atoms with Crippen LogP contribution in [0, 0.1) is 11.8 Å². The second kappa shape index (κ2) is 8.34. The highest BCUT2D eigenvalue weighted by Crippen LogP contribution is 2.48. The summed E-state index contributed by atoms with van der Waals surface area (Å²) < 4.78 is 0. The van der Waals surface area contributed by atoms with Crippen LogP contribution in [0.1, 0.15) is 61.3 Å². The van der Waals surface area contributed by atoms with Gasteiger partial charge in [0.25, 0.3) is 5.91 Å². The molecule has 2 aliphatic heterocycles. The highest BCUT2D eigenvalue weighted by molar-refractivity contribution is 7.07. The Morgan fingerprint density at radius 1 is 1.23 bits per heavy atom. The standard InChI is InChI=1S/C26H34N2O2S/c1-27(2)23(14-18-11-13-31-17-18)20-10-12-28-24(16-20)19-6-5-9-22(15-19)26(30,25(28)29)21-7-3-4-8-21/h5-6,9,11,13,15,17,20-21,23-24,30H,3-4,7-8,10,12,14,16H2,1-2H3. The van der Waals surface area contributed by atoms with Crippen molar-refractivity contribution in [3.05, 3.63) is 57.8 Å². The molecule has 1 amide bonds. The zero-order valence-corrected chi connectivity index (χ0v) is 19.5. The van der Waals surface area contributed by atoms with Crippen LogP contribution in [0.25, 0.3) is 0 Å². The Bertz CT molecular complexity index is 921. The molecular weight excluding hydrogens is 404 g/mol. The number of hydrogen-bond acceptors (Lipinski definition) is 4. The summed E-state index contributed by atoms with van der Waals surface area (Å²) in [6.07, 6.45) is 7.10. The Morgan fingerprint density at radius 2 is 2.03 bits per heavy atom. The van der Waals surface area contributed by atoms with Crippen molar-refractivity contribution < 1.29 is 9.90 Å². The van der Waals surface area contributed by atoms with Crippen molar-refractivity contribution in [1.29, 1.82) is 0 Å². The minimum absolute atomic E-state index is 0.0415. The molecule has 3 aliphatic rings. The Hall–Kier alpha value is -1.69. The second-order valence-electron chi connectivity index (χ2n) is 10.0. The third-order valence-corrected chi connectivity index (χ3v) is 8.85. The molecule has 1 aliphatic carbocycles. The molecule has 4 nitrogen and oxygen atoms in total. The summed E-state index contributed by atoms with van der Waals surface area (Å²) in [7, 11) is 4.36. The number of carbonyl (C=O) groups is 1. The van der Waals surface area contributed by atoms with Crippen LogP contribution in [0.3, 0.4) is 0 Å². The van der Waals surface area contributed by atoms with E-state index in [0.717, 1.165) is 57.1 Å². The second-order valence-corrected chi connectivity index (χ2v) is 10.8. The maximum absolute atomic E-state index is 13.9. The molecule has 2 fully saturated rings. The number of piperidine rings is 1. The molecule has 2 bridgehead atoms. The SMILES string of the molecule is CN(C)C(Cc1ccsc1)C1CCN2C(=O)C(O)(C3CCCC3)c3cccc(c3)C2C1. The first kappa shape index (κ1) is 21.2. The smallest absolute Gasteiger partial charge is 0.259 e. The first-order chi connectivity index (χ1) is 15.0. The zero-order valence-electron chi connectivity index (χ0n) is 18.7. The number of thiophene rings is 1. The van der Waals surface area contributed by atoms with E-state index in [4.69, 9.17) is 0 Å². The summed E-state index contributed by atoms with van der Waals surface area (Å²) in [5.41, 5.74) is 2.06. The molecule has 1 aromatic carbocycles. The molecule has 3 heterocycles. The van der Waals surface area contributed by atoms with E-state index in [1.54, 1.807) is 11.3 Å². The maximum Gasteiger partial charge on any atom is 0.259 e. The maximum atomic E-state index is 13.9. The predicted molar refractivity (Wildman–Crippen MR) is 125 cm³/mol. The van der Waals surface area contributed by atoms with Gasteiger partial charge in [-0.25, -0.2) is 0 Å². The number of hydrogen-bond donors (Lipinski definition) is 1. The normalized spacial score (nSPS) is 29.8. The van der Waals surface area contributed by atoms with E-state index in [-0.39, 0.29) is 17.9 Å². The first-order valence-corrected chi connectivity index (χ1v) is 12.7. The quantitative estimate of drug-likeness (QED) is 0.742. The molecule has 0 radical (unpaired) electrons. The molecule has 4 unspecified atom stereocenters. The minimum Gasteiger partial charge on any atom is -0.375 e. The van der Waals surface area contributed by atoms with Crippen molar-refractivity contribution >= 4 is 17.2 Å². The number of fused-ring (bicyclic) bond motifs is 4. The van der Waals surface area contributed by atoms with Crippen LogP contribution in [0.15, 0.2) is 41.1 Å². The van der Waals surface area contributed by atoms with Crippen molar-refractivity contribution in [2.75, 3.05) is 20.6 Å². The Kier molecular flexibility index (Phi) is 5.70. The van der Waals surface area contributed by atoms with Crippen LogP contribution in [-0.2, 0) is 16.8 Å². The van der Waals surface area contributed by atoms with Gasteiger partial charge in [-0.1, -0.05) is 37.1 Å². The van der Waals surface area contributed by atoms with Crippen LogP contribution in [0.4, 0.5) is 0 Å². The van der Waals surface area contributed by atoms with Gasteiger partial charge in [-0.2, -0.15) is 11.3 Å². The number of aliphatic hydroxyl groups is 1. The highest BCUT2D eigenvalue weighted by Gasteiger charge is 2.52. The molecule has 0 spiro atoms. The number of nitrogens with zero attached hydrogens (tertiary/aromatic N) is 2. The molecule has 166 valence electrons. The van der Waals surface area contributed by atoms with E-state index in [2.05, 4.69) is 48.0 Å². The van der Waals surface area contributed by atoms with Crippen LogP contribution in [0.5, 0.6) is 0 Å². The number of carbonyl (C=O) groups excluding carboxylic acids is 1. The molecule has 4 atom stereocenters. The van der Waals surface area contributed by atoms with Crippen molar-refractivity contribution in [1.82, 2.24) is 9.80 Å². The van der Waals surface area contributed by atoms with E-state index in [1.807, 2.05) is 17.0 Å². The van der Waals surface area contributed by atoms with E-state index in [9.17, 15) is 9.90 Å². The van der Waals surface area contributed by atoms with E-state index < -0.39 is 5.60 Å². The number of amides is 1. The summed E-state index contributed by atoms with van der Waals surface area (Å²) in [6, 6.07) is 11.0. The van der Waals surface area contributed by atoms with Gasteiger partial charge in [0.15, 0.2) is 5.60 Å². The van der Waals surface area contributed by atoms with Crippen molar-refractivity contribution in [3.63, 3.8) is 0 Å². The van der Waals surface area contributed by atoms with Gasteiger partial charge >= 0.3 is 0 Å². The van der Waals surface area contributed by atoms with Crippen LogP contribution in [0.2, 0.25) is 0 Å². The summed E-state index contributed by atoms with van der Waals surface area (Å²) >= 11 is 1.76. The summed E-state index contributed by atoms with van der Waals surface area (Å²) in [5, 5.41) is 16.3. The van der Waals surface area contributed by atoms with Crippen molar-refractivity contribution in [3.8, 4) is 0 Å². The van der Waals surface area contributed by atoms with Gasteiger partial charge in [-0.05, 0) is 85.6 Å². The van der Waals surface area contributed by atoms with Crippen LogP contribution >= 0.6 is 11.3 Å². The van der Waals surface area contributed by atoms with Crippen LogP contribution in [-0.4, -0.2) is 47.5 Å². The molecule has 1 aromatic heterocycles. The fourth-order valence-electron chi connectivity index (χ4n) is 6.40. The summed E-state index contributed by atoms with van der Waals surface area (Å²) in [6.45, 7) is 0.732. The highest BCUT2D eigenvalue weighted by atomic mass is 32.1. The fourth-order valence-corrected chi connectivity index (χ4v) is 7.08. The lowest BCUT2D eigenvalue weighted by Crippen LogP contribution is -2.53. The average molecular weight is 439 g/mol. The fraction of sp³-hybridized carbons (Fsp3) is 0.577. The predicted octanol–water partition coefficient (Wildman–Crippen LogP) is 4.59. The molecule has 5 heteroatoms. The molecule has 2 aromatic rings. The molecule has 1 saturated carbocycles. The lowest BCUT2D eigenvalue weighted by Gasteiger charge is -2.45. The number of likely N-dealkylation sites (N-methyl/N-ethyl adjacent to an activating group) is 1. The number of rotatable bonds is 5. The Labute approximate surface area is 189 Å². The molecule has 5 rings (SSSR count). The van der Waals surface area contributed by atoms with Gasteiger partial charge in [0, 0.05) is 18.5 Å². The minimum atomic E-state index is -1.36. The van der Waals surface area contributed by atoms with Crippen molar-refractivity contribution in [2.45, 2.75) is 62.6 Å². The Balaban J connectivity index is 1.45. The van der Waals surface area contributed by atoms with E-state index >= 15 is 0 Å². The molecule has 31 heavy (non-hydrogen) atoms. The van der Waals surface area contributed by atoms with Gasteiger partial charge in [-0.15, -0.1) is 0 Å². The zero-order chi connectivity index (χ0) is 21.6. The van der Waals surface area contributed by atoms with E-state index in [1.165, 1.54) is 11.1 Å². The first-order valence-electron chi connectivity index (χ1n) is 11.8. The topological polar surface area (TPSA) is 43.8 Å². The lowest BCUT2D eigenvalue weighted by atomic mass is 9.79. The summed E-state index contributed by atoms with van der Waals surface area (Å²) in [5.74, 6) is 0.508. The molecular formula is C26H34N2O2S. The molecule has 1 saturated heterocycles. The van der Waals surface area contributed by atoms with Gasteiger partial charge < -0.3 is 14.9 Å². The van der Waals surface area contributed by atoms with Gasteiger partial charge in [0.05, 0.1) is 6.04 Å². The third-order valence-electron chi connectivity index (χ3n) is 8.12. The molecule has 1 N–H and O–H groups in total. The average Bonchev–Trinajstić information content (AvgIpc) is 3.49. The Morgan fingerprint density at radius 3 is 2.74 bits per heavy atom.